The van der Waals surface area contributed by atoms with Crippen molar-refractivity contribution in [2.45, 2.75) is 27.7 Å². The van der Waals surface area contributed by atoms with Gasteiger partial charge in [0.05, 0.1) is 11.1 Å². The van der Waals surface area contributed by atoms with Gasteiger partial charge >= 0.3 is 0 Å². The van der Waals surface area contributed by atoms with Gasteiger partial charge in [-0.25, -0.2) is 0 Å². The summed E-state index contributed by atoms with van der Waals surface area (Å²) in [6, 6.07) is 6.97. The molecule has 3 heteroatoms. The first kappa shape index (κ1) is 13.4. The Kier molecular flexibility index (Phi) is 4.44. The Labute approximate surface area is 102 Å². The Morgan fingerprint density at radius 3 is 1.76 bits per heavy atom. The van der Waals surface area contributed by atoms with Crippen LogP contribution < -0.4 is 0 Å². The molecule has 0 atom stereocenters. The van der Waals surface area contributed by atoms with Gasteiger partial charge in [-0.15, -0.1) is 0 Å². The standard InChI is InChI=1S/C12H13NO2.C2H6/c1-8(2)7-13-11(14)9-5-3-4-6-10(9)12(13)15;1-2/h3-6,8H,7H2,1-2H3;1-2H3. The number of nitrogens with zero attached hydrogens (tertiary/aromatic N) is 1. The molecule has 0 saturated carbocycles. The van der Waals surface area contributed by atoms with Crippen molar-refractivity contribution in [1.29, 1.82) is 0 Å². The molecule has 2 rings (SSSR count). The fourth-order valence-electron chi connectivity index (χ4n) is 1.77. The molecule has 0 N–H and O–H groups in total. The van der Waals surface area contributed by atoms with Crippen LogP contribution in [0.1, 0.15) is 48.4 Å². The van der Waals surface area contributed by atoms with Crippen LogP contribution in [0.3, 0.4) is 0 Å². The van der Waals surface area contributed by atoms with Crippen LogP contribution in [0.2, 0.25) is 0 Å². The molecule has 1 heterocycles. The lowest BCUT2D eigenvalue weighted by Crippen LogP contribution is -2.33. The second-order valence-electron chi connectivity index (χ2n) is 4.16. The van der Waals surface area contributed by atoms with E-state index in [0.29, 0.717) is 23.6 Å². The quantitative estimate of drug-likeness (QED) is 0.736. The van der Waals surface area contributed by atoms with Crippen molar-refractivity contribution in [3.8, 4) is 0 Å². The molecule has 0 fully saturated rings. The lowest BCUT2D eigenvalue weighted by atomic mass is 10.1. The van der Waals surface area contributed by atoms with Crippen molar-refractivity contribution in [3.05, 3.63) is 35.4 Å². The number of imide groups is 1. The summed E-state index contributed by atoms with van der Waals surface area (Å²) in [6.45, 7) is 8.47. The number of rotatable bonds is 2. The van der Waals surface area contributed by atoms with Crippen LogP contribution in [0.5, 0.6) is 0 Å². The minimum absolute atomic E-state index is 0.163. The summed E-state index contributed by atoms with van der Waals surface area (Å²) >= 11 is 0. The van der Waals surface area contributed by atoms with E-state index in [0.717, 1.165) is 0 Å². The summed E-state index contributed by atoms with van der Waals surface area (Å²) in [5.74, 6) is -0.0270. The van der Waals surface area contributed by atoms with E-state index in [1.807, 2.05) is 27.7 Å². The van der Waals surface area contributed by atoms with Gasteiger partial charge in [-0.1, -0.05) is 39.8 Å². The maximum Gasteiger partial charge on any atom is 0.261 e. The Bertz CT molecular complexity index is 389. The van der Waals surface area contributed by atoms with E-state index >= 15 is 0 Å². The Morgan fingerprint density at radius 1 is 1.00 bits per heavy atom. The molecule has 0 saturated heterocycles. The van der Waals surface area contributed by atoms with Gasteiger partial charge in [-0.3, -0.25) is 14.5 Å². The van der Waals surface area contributed by atoms with Crippen molar-refractivity contribution in [1.82, 2.24) is 4.90 Å². The average molecular weight is 233 g/mol. The second-order valence-corrected chi connectivity index (χ2v) is 4.16. The van der Waals surface area contributed by atoms with Gasteiger partial charge in [-0.2, -0.15) is 0 Å². The first-order valence-corrected chi connectivity index (χ1v) is 6.06. The van der Waals surface area contributed by atoms with Crippen LogP contribution in [0, 0.1) is 5.92 Å². The van der Waals surface area contributed by atoms with Gasteiger partial charge in [0.1, 0.15) is 0 Å². The van der Waals surface area contributed by atoms with Crippen LogP contribution >= 0.6 is 0 Å². The summed E-state index contributed by atoms with van der Waals surface area (Å²) < 4.78 is 0. The summed E-state index contributed by atoms with van der Waals surface area (Å²) in [6.07, 6.45) is 0. The largest absolute Gasteiger partial charge is 0.274 e. The molecule has 0 aromatic heterocycles. The second kappa shape index (κ2) is 5.62. The van der Waals surface area contributed by atoms with Crippen LogP contribution in [-0.2, 0) is 0 Å². The Morgan fingerprint density at radius 2 is 1.41 bits per heavy atom. The van der Waals surface area contributed by atoms with E-state index < -0.39 is 0 Å². The summed E-state index contributed by atoms with van der Waals surface area (Å²) in [5, 5.41) is 0. The lowest BCUT2D eigenvalue weighted by molar-refractivity contribution is 0.0636. The van der Waals surface area contributed by atoms with Crippen LogP contribution in [0.15, 0.2) is 24.3 Å². The Balaban J connectivity index is 0.000000686. The predicted molar refractivity (Wildman–Crippen MR) is 68.0 cm³/mol. The molecule has 0 aliphatic carbocycles. The molecule has 92 valence electrons. The summed E-state index contributed by atoms with van der Waals surface area (Å²) in [7, 11) is 0. The number of carbonyl (C=O) groups is 2. The molecular formula is C14H19NO2. The maximum atomic E-state index is 11.8. The zero-order valence-corrected chi connectivity index (χ0v) is 10.9. The maximum absolute atomic E-state index is 11.8. The van der Waals surface area contributed by atoms with Gasteiger partial charge < -0.3 is 0 Å². The van der Waals surface area contributed by atoms with Crippen molar-refractivity contribution < 1.29 is 9.59 Å². The predicted octanol–water partition coefficient (Wildman–Crippen LogP) is 2.96. The first-order valence-electron chi connectivity index (χ1n) is 6.06. The zero-order valence-electron chi connectivity index (χ0n) is 10.9. The minimum Gasteiger partial charge on any atom is -0.274 e. The van der Waals surface area contributed by atoms with E-state index in [9.17, 15) is 9.59 Å². The van der Waals surface area contributed by atoms with Crippen LogP contribution in [0.25, 0.3) is 0 Å². The molecule has 17 heavy (non-hydrogen) atoms. The molecule has 0 bridgehead atoms. The van der Waals surface area contributed by atoms with E-state index in [4.69, 9.17) is 0 Å². The van der Waals surface area contributed by atoms with E-state index in [1.54, 1.807) is 24.3 Å². The monoisotopic (exact) mass is 233 g/mol. The molecule has 0 spiro atoms. The summed E-state index contributed by atoms with van der Waals surface area (Å²) in [5.41, 5.74) is 1.06. The van der Waals surface area contributed by atoms with Gasteiger partial charge in [0.25, 0.3) is 11.8 Å². The van der Waals surface area contributed by atoms with Crippen molar-refractivity contribution in [2.75, 3.05) is 6.54 Å². The number of amides is 2. The third-order valence-corrected chi connectivity index (χ3v) is 2.43. The molecule has 0 radical (unpaired) electrons. The minimum atomic E-state index is -0.163. The fourth-order valence-corrected chi connectivity index (χ4v) is 1.77. The van der Waals surface area contributed by atoms with E-state index in [-0.39, 0.29) is 11.8 Å². The molecule has 1 aromatic carbocycles. The SMILES string of the molecule is CC.CC(C)CN1C(=O)c2ccccc2C1=O. The highest BCUT2D eigenvalue weighted by Gasteiger charge is 2.34. The third-order valence-electron chi connectivity index (χ3n) is 2.43. The first-order chi connectivity index (χ1) is 8.11. The molecule has 3 nitrogen and oxygen atoms in total. The van der Waals surface area contributed by atoms with Gasteiger partial charge in [0.2, 0.25) is 0 Å². The number of fused-ring (bicyclic) bond motifs is 1. The zero-order chi connectivity index (χ0) is 13.0. The smallest absolute Gasteiger partial charge is 0.261 e. The van der Waals surface area contributed by atoms with Crippen molar-refractivity contribution >= 4 is 11.8 Å². The highest BCUT2D eigenvalue weighted by molar-refractivity contribution is 6.21. The van der Waals surface area contributed by atoms with Crippen molar-refractivity contribution in [2.24, 2.45) is 5.92 Å². The van der Waals surface area contributed by atoms with Crippen LogP contribution in [-0.4, -0.2) is 23.3 Å². The molecular weight excluding hydrogens is 214 g/mol. The number of carbonyl (C=O) groups excluding carboxylic acids is 2. The Hall–Kier alpha value is -1.64. The number of benzene rings is 1. The van der Waals surface area contributed by atoms with Gasteiger partial charge in [-0.05, 0) is 18.1 Å². The van der Waals surface area contributed by atoms with Gasteiger partial charge in [0.15, 0.2) is 0 Å². The molecule has 1 aromatic rings. The number of hydrogen-bond donors (Lipinski definition) is 0. The fraction of sp³-hybridized carbons (Fsp3) is 0.429. The molecule has 1 aliphatic heterocycles. The van der Waals surface area contributed by atoms with E-state index in [2.05, 4.69) is 0 Å². The molecule has 0 unspecified atom stereocenters. The van der Waals surface area contributed by atoms with E-state index in [1.165, 1.54) is 4.90 Å². The summed E-state index contributed by atoms with van der Waals surface area (Å²) in [4.78, 5) is 25.0. The van der Waals surface area contributed by atoms with Crippen molar-refractivity contribution in [3.63, 3.8) is 0 Å². The molecule has 2 amide bonds. The highest BCUT2D eigenvalue weighted by atomic mass is 16.2. The topological polar surface area (TPSA) is 37.4 Å². The highest BCUT2D eigenvalue weighted by Crippen LogP contribution is 2.22. The number of hydrogen-bond acceptors (Lipinski definition) is 2. The third kappa shape index (κ3) is 2.54. The normalized spacial score (nSPS) is 13.6. The average Bonchev–Trinajstić information content (AvgIpc) is 2.57. The lowest BCUT2D eigenvalue weighted by Gasteiger charge is -2.15. The van der Waals surface area contributed by atoms with Gasteiger partial charge in [0, 0.05) is 6.54 Å². The molecule has 1 aliphatic rings. The van der Waals surface area contributed by atoms with Crippen LogP contribution in [0.4, 0.5) is 0 Å².